The van der Waals surface area contributed by atoms with Crippen molar-refractivity contribution < 1.29 is 9.47 Å². The van der Waals surface area contributed by atoms with Gasteiger partial charge in [-0.1, -0.05) is 12.1 Å². The summed E-state index contributed by atoms with van der Waals surface area (Å²) >= 11 is 1.68. The highest BCUT2D eigenvalue weighted by Gasteiger charge is 2.02. The maximum Gasteiger partial charge on any atom is 0.161 e. The monoisotopic (exact) mass is 263 g/mol. The predicted octanol–water partition coefficient (Wildman–Crippen LogP) is 3.64. The molecule has 0 amide bonds. The van der Waals surface area contributed by atoms with Gasteiger partial charge in [0.15, 0.2) is 11.5 Å². The average molecular weight is 263 g/mol. The summed E-state index contributed by atoms with van der Waals surface area (Å²) in [6.07, 6.45) is 0. The van der Waals surface area contributed by atoms with Gasteiger partial charge in [-0.25, -0.2) is 0 Å². The third-order valence-electron chi connectivity index (χ3n) is 2.36. The number of ether oxygens (including phenoxy) is 2. The quantitative estimate of drug-likeness (QED) is 0.774. The van der Waals surface area contributed by atoms with Gasteiger partial charge in [-0.15, -0.1) is 0 Å². The van der Waals surface area contributed by atoms with Crippen molar-refractivity contribution in [2.24, 2.45) is 0 Å². The minimum atomic E-state index is 0.611. The predicted molar refractivity (Wildman–Crippen MR) is 75.9 cm³/mol. The summed E-state index contributed by atoms with van der Waals surface area (Å²) in [4.78, 5) is 0. The van der Waals surface area contributed by atoms with E-state index in [0.29, 0.717) is 13.2 Å². The highest BCUT2D eigenvalue weighted by atomic mass is 32.1. The van der Waals surface area contributed by atoms with Gasteiger partial charge in [-0.2, -0.15) is 11.3 Å². The molecule has 4 heteroatoms. The summed E-state index contributed by atoms with van der Waals surface area (Å²) in [5.41, 5.74) is 1.14. The van der Waals surface area contributed by atoms with E-state index in [1.54, 1.807) is 11.3 Å². The van der Waals surface area contributed by atoms with Crippen LogP contribution in [0.15, 0.2) is 41.1 Å². The molecular formula is C14H17NO2S. The van der Waals surface area contributed by atoms with Crippen molar-refractivity contribution in [2.45, 2.75) is 6.92 Å². The minimum Gasteiger partial charge on any atom is -0.490 e. The Morgan fingerprint density at radius 1 is 1.11 bits per heavy atom. The molecule has 96 valence electrons. The van der Waals surface area contributed by atoms with E-state index in [9.17, 15) is 0 Å². The van der Waals surface area contributed by atoms with Crippen LogP contribution in [0.25, 0.3) is 0 Å². The van der Waals surface area contributed by atoms with Crippen molar-refractivity contribution in [1.29, 1.82) is 0 Å². The molecule has 0 radical (unpaired) electrons. The highest BCUT2D eigenvalue weighted by molar-refractivity contribution is 7.08. The number of nitrogens with one attached hydrogen (secondary N) is 1. The molecular weight excluding hydrogens is 246 g/mol. The van der Waals surface area contributed by atoms with E-state index in [4.69, 9.17) is 9.47 Å². The van der Waals surface area contributed by atoms with E-state index in [2.05, 4.69) is 16.8 Å². The highest BCUT2D eigenvalue weighted by Crippen LogP contribution is 2.26. The summed E-state index contributed by atoms with van der Waals surface area (Å²) in [5.74, 6) is 1.60. The molecule has 0 bridgehead atoms. The normalized spacial score (nSPS) is 10.1. The average Bonchev–Trinajstić information content (AvgIpc) is 2.90. The zero-order chi connectivity index (χ0) is 12.6. The summed E-state index contributed by atoms with van der Waals surface area (Å²) in [5, 5.41) is 7.42. The van der Waals surface area contributed by atoms with Gasteiger partial charge < -0.3 is 14.8 Å². The molecule has 2 aromatic rings. The standard InChI is InChI=1S/C14H17NO2S/c1-2-16-13-5-3-4-6-14(13)17-9-8-15-12-7-10-18-11-12/h3-7,10-11,15H,2,8-9H2,1H3. The lowest BCUT2D eigenvalue weighted by Crippen LogP contribution is -2.11. The second-order valence-corrected chi connectivity index (χ2v) is 4.45. The topological polar surface area (TPSA) is 30.5 Å². The lowest BCUT2D eigenvalue weighted by Gasteiger charge is -2.11. The number of anilines is 1. The van der Waals surface area contributed by atoms with Crippen molar-refractivity contribution >= 4 is 17.0 Å². The summed E-state index contributed by atoms with van der Waals surface area (Å²) in [6, 6.07) is 9.80. The van der Waals surface area contributed by atoms with Crippen LogP contribution in [0, 0.1) is 0 Å². The Morgan fingerprint density at radius 3 is 2.56 bits per heavy atom. The van der Waals surface area contributed by atoms with Crippen molar-refractivity contribution in [3.05, 3.63) is 41.1 Å². The molecule has 1 N–H and O–H groups in total. The second kappa shape index (κ2) is 6.91. The first-order valence-corrected chi connectivity index (χ1v) is 6.95. The first-order valence-electron chi connectivity index (χ1n) is 6.01. The maximum absolute atomic E-state index is 5.70. The fourth-order valence-corrected chi connectivity index (χ4v) is 2.18. The van der Waals surface area contributed by atoms with Gasteiger partial charge in [-0.3, -0.25) is 0 Å². The Morgan fingerprint density at radius 2 is 1.89 bits per heavy atom. The van der Waals surface area contributed by atoms with E-state index in [-0.39, 0.29) is 0 Å². The van der Waals surface area contributed by atoms with Crippen molar-refractivity contribution in [1.82, 2.24) is 0 Å². The number of hydrogen-bond acceptors (Lipinski definition) is 4. The van der Waals surface area contributed by atoms with Crippen LogP contribution in [-0.4, -0.2) is 19.8 Å². The van der Waals surface area contributed by atoms with Crippen molar-refractivity contribution in [2.75, 3.05) is 25.1 Å². The van der Waals surface area contributed by atoms with Gasteiger partial charge in [0.05, 0.1) is 6.61 Å². The van der Waals surface area contributed by atoms with E-state index in [0.717, 1.165) is 23.7 Å². The Bertz CT molecular complexity index is 457. The van der Waals surface area contributed by atoms with Crippen LogP contribution < -0.4 is 14.8 Å². The van der Waals surface area contributed by atoms with Gasteiger partial charge in [0.25, 0.3) is 0 Å². The van der Waals surface area contributed by atoms with E-state index >= 15 is 0 Å². The Labute approximate surface area is 111 Å². The zero-order valence-electron chi connectivity index (χ0n) is 10.4. The summed E-state index contributed by atoms with van der Waals surface area (Å²) in [7, 11) is 0. The van der Waals surface area contributed by atoms with Gasteiger partial charge in [-0.05, 0) is 30.5 Å². The van der Waals surface area contributed by atoms with Crippen LogP contribution in [0.1, 0.15) is 6.92 Å². The van der Waals surface area contributed by atoms with E-state index in [1.165, 1.54) is 0 Å². The third-order valence-corrected chi connectivity index (χ3v) is 3.04. The molecule has 0 spiro atoms. The lowest BCUT2D eigenvalue weighted by atomic mass is 10.3. The number of rotatable bonds is 7. The van der Waals surface area contributed by atoms with Crippen LogP contribution in [0.2, 0.25) is 0 Å². The number of hydrogen-bond donors (Lipinski definition) is 1. The first kappa shape index (κ1) is 12.8. The van der Waals surface area contributed by atoms with Gasteiger partial charge in [0.2, 0.25) is 0 Å². The van der Waals surface area contributed by atoms with Gasteiger partial charge in [0.1, 0.15) is 6.61 Å². The molecule has 1 aromatic heterocycles. The van der Waals surface area contributed by atoms with Crippen molar-refractivity contribution in [3.8, 4) is 11.5 Å². The molecule has 0 fully saturated rings. The smallest absolute Gasteiger partial charge is 0.161 e. The van der Waals surface area contributed by atoms with Crippen LogP contribution in [-0.2, 0) is 0 Å². The number of benzene rings is 1. The molecule has 18 heavy (non-hydrogen) atoms. The SMILES string of the molecule is CCOc1ccccc1OCCNc1ccsc1. The molecule has 0 atom stereocenters. The van der Waals surface area contributed by atoms with Crippen LogP contribution >= 0.6 is 11.3 Å². The Kier molecular flexibility index (Phi) is 4.90. The Balaban J connectivity index is 1.79. The molecule has 1 heterocycles. The molecule has 0 aliphatic carbocycles. The fraction of sp³-hybridized carbons (Fsp3) is 0.286. The first-order chi connectivity index (χ1) is 8.90. The van der Waals surface area contributed by atoms with Gasteiger partial charge >= 0.3 is 0 Å². The fourth-order valence-electron chi connectivity index (χ4n) is 1.57. The zero-order valence-corrected chi connectivity index (χ0v) is 11.2. The van der Waals surface area contributed by atoms with Crippen molar-refractivity contribution in [3.63, 3.8) is 0 Å². The molecule has 1 aromatic carbocycles. The summed E-state index contributed by atoms with van der Waals surface area (Å²) < 4.78 is 11.2. The molecule has 0 unspecified atom stereocenters. The molecule has 0 saturated carbocycles. The number of thiophene rings is 1. The molecule has 2 rings (SSSR count). The van der Waals surface area contributed by atoms with E-state index in [1.807, 2.05) is 36.6 Å². The molecule has 0 aliphatic rings. The maximum atomic E-state index is 5.70. The summed E-state index contributed by atoms with van der Waals surface area (Å²) in [6.45, 7) is 4.00. The second-order valence-electron chi connectivity index (χ2n) is 3.67. The largest absolute Gasteiger partial charge is 0.490 e. The van der Waals surface area contributed by atoms with Crippen LogP contribution in [0.3, 0.4) is 0 Å². The van der Waals surface area contributed by atoms with Gasteiger partial charge in [0, 0.05) is 17.6 Å². The van der Waals surface area contributed by atoms with Crippen LogP contribution in [0.5, 0.6) is 11.5 Å². The lowest BCUT2D eigenvalue weighted by molar-refractivity contribution is 0.284. The third kappa shape index (κ3) is 3.67. The minimum absolute atomic E-state index is 0.611. The molecule has 3 nitrogen and oxygen atoms in total. The van der Waals surface area contributed by atoms with Crippen LogP contribution in [0.4, 0.5) is 5.69 Å². The molecule has 0 saturated heterocycles. The molecule has 0 aliphatic heterocycles. The Hall–Kier alpha value is -1.68. The number of para-hydroxylation sites is 2. The van der Waals surface area contributed by atoms with E-state index < -0.39 is 0 Å².